The lowest BCUT2D eigenvalue weighted by Gasteiger charge is -2.35. The smallest absolute Gasteiger partial charge is 0.0386 e. The van der Waals surface area contributed by atoms with E-state index >= 15 is 0 Å². The summed E-state index contributed by atoms with van der Waals surface area (Å²) in [4.78, 5) is 0. The van der Waals surface area contributed by atoms with Crippen LogP contribution in [0.5, 0.6) is 0 Å². The van der Waals surface area contributed by atoms with Crippen LogP contribution in [0.3, 0.4) is 0 Å². The highest BCUT2D eigenvalue weighted by Gasteiger charge is 2.30. The minimum Gasteiger partial charge on any atom is -0.0533 e. The third-order valence-electron chi connectivity index (χ3n) is 3.22. The number of hydrogen-bond donors (Lipinski definition) is 0. The van der Waals surface area contributed by atoms with E-state index in [4.69, 9.17) is 0 Å². The van der Waals surface area contributed by atoms with E-state index in [9.17, 15) is 0 Å². The maximum Gasteiger partial charge on any atom is -0.0386 e. The van der Waals surface area contributed by atoms with Crippen LogP contribution in [-0.2, 0) is 0 Å². The maximum absolute atomic E-state index is 1.56. The van der Waals surface area contributed by atoms with E-state index in [1.165, 1.54) is 31.1 Å². The molecule has 0 spiro atoms. The van der Waals surface area contributed by atoms with Gasteiger partial charge >= 0.3 is 0 Å². The summed E-state index contributed by atoms with van der Waals surface area (Å²) < 4.78 is 0. The van der Waals surface area contributed by atoms with E-state index in [0.717, 1.165) is 0 Å². The van der Waals surface area contributed by atoms with E-state index in [-0.39, 0.29) is 0 Å². The fourth-order valence-electron chi connectivity index (χ4n) is 2.39. The SMILES string of the molecule is C1CCC2CCC2CC1. The van der Waals surface area contributed by atoms with Crippen LogP contribution < -0.4 is 0 Å². The van der Waals surface area contributed by atoms with Crippen molar-refractivity contribution in [2.45, 2.75) is 44.9 Å². The van der Waals surface area contributed by atoms with E-state index in [0.29, 0.717) is 0 Å². The monoisotopic (exact) mass is 124 g/mol. The summed E-state index contributed by atoms with van der Waals surface area (Å²) in [5, 5.41) is 0. The third-order valence-corrected chi connectivity index (χ3v) is 3.22. The average Bonchev–Trinajstić information content (AvgIpc) is 1.94. The zero-order valence-corrected chi connectivity index (χ0v) is 6.10. The fraction of sp³-hybridized carbons (Fsp3) is 1.00. The minimum atomic E-state index is 1.17. The fourth-order valence-corrected chi connectivity index (χ4v) is 2.39. The second-order valence-corrected chi connectivity index (χ2v) is 3.74. The van der Waals surface area contributed by atoms with Gasteiger partial charge in [-0.15, -0.1) is 0 Å². The summed E-state index contributed by atoms with van der Waals surface area (Å²) >= 11 is 0. The van der Waals surface area contributed by atoms with Crippen molar-refractivity contribution in [2.24, 2.45) is 11.8 Å². The Hall–Kier alpha value is 0. The molecule has 2 rings (SSSR count). The summed E-state index contributed by atoms with van der Waals surface area (Å²) in [7, 11) is 0. The third kappa shape index (κ3) is 0.997. The normalized spacial score (nSPS) is 42.7. The zero-order valence-electron chi connectivity index (χ0n) is 6.10. The van der Waals surface area contributed by atoms with Gasteiger partial charge in [-0.3, -0.25) is 0 Å². The van der Waals surface area contributed by atoms with Crippen LogP contribution in [0.2, 0.25) is 0 Å². The molecule has 2 aliphatic carbocycles. The summed E-state index contributed by atoms with van der Waals surface area (Å²) in [6.07, 6.45) is 10.8. The topological polar surface area (TPSA) is 0 Å². The Morgan fingerprint density at radius 3 is 1.56 bits per heavy atom. The summed E-state index contributed by atoms with van der Waals surface area (Å²) in [5.74, 6) is 2.35. The van der Waals surface area contributed by atoms with Crippen molar-refractivity contribution >= 4 is 0 Å². The van der Waals surface area contributed by atoms with Crippen molar-refractivity contribution in [3.63, 3.8) is 0 Å². The Balaban J connectivity index is 1.90. The lowest BCUT2D eigenvalue weighted by Crippen LogP contribution is -2.23. The Kier molecular flexibility index (Phi) is 1.48. The molecular formula is C9H16. The molecule has 0 nitrogen and oxygen atoms in total. The molecule has 0 N–H and O–H groups in total. The average molecular weight is 124 g/mol. The van der Waals surface area contributed by atoms with Gasteiger partial charge in [0.05, 0.1) is 0 Å². The van der Waals surface area contributed by atoms with Crippen LogP contribution in [0.1, 0.15) is 44.9 Å². The maximum atomic E-state index is 1.56. The van der Waals surface area contributed by atoms with Gasteiger partial charge in [-0.1, -0.05) is 32.1 Å². The molecule has 0 amide bonds. The van der Waals surface area contributed by atoms with Crippen molar-refractivity contribution in [1.29, 1.82) is 0 Å². The Bertz CT molecular complexity index is 84.2. The first-order valence-electron chi connectivity index (χ1n) is 4.47. The van der Waals surface area contributed by atoms with Crippen LogP contribution in [0, 0.1) is 11.8 Å². The van der Waals surface area contributed by atoms with Crippen LogP contribution in [0.25, 0.3) is 0 Å². The standard InChI is InChI=1S/C9H16/c1-2-4-8-6-7-9(8)5-3-1/h8-9H,1-7H2. The van der Waals surface area contributed by atoms with Crippen molar-refractivity contribution in [1.82, 2.24) is 0 Å². The molecule has 0 heteroatoms. The molecule has 0 heterocycles. The minimum absolute atomic E-state index is 1.17. The van der Waals surface area contributed by atoms with Crippen LogP contribution in [-0.4, -0.2) is 0 Å². The molecule has 0 aliphatic heterocycles. The van der Waals surface area contributed by atoms with E-state index in [1.54, 1.807) is 25.7 Å². The van der Waals surface area contributed by atoms with Crippen molar-refractivity contribution in [2.75, 3.05) is 0 Å². The van der Waals surface area contributed by atoms with Gasteiger partial charge in [0.25, 0.3) is 0 Å². The van der Waals surface area contributed by atoms with Gasteiger partial charge in [0.1, 0.15) is 0 Å². The molecule has 2 atom stereocenters. The molecule has 0 radical (unpaired) electrons. The second kappa shape index (κ2) is 2.32. The van der Waals surface area contributed by atoms with Crippen molar-refractivity contribution < 1.29 is 0 Å². The first kappa shape index (κ1) is 5.76. The lowest BCUT2D eigenvalue weighted by molar-refractivity contribution is 0.165. The Morgan fingerprint density at radius 1 is 0.556 bits per heavy atom. The van der Waals surface area contributed by atoms with Gasteiger partial charge in [0, 0.05) is 0 Å². The van der Waals surface area contributed by atoms with E-state index in [2.05, 4.69) is 0 Å². The molecule has 2 unspecified atom stereocenters. The van der Waals surface area contributed by atoms with Gasteiger partial charge in [-0.25, -0.2) is 0 Å². The summed E-state index contributed by atoms with van der Waals surface area (Å²) in [5.41, 5.74) is 0. The molecule has 0 aromatic heterocycles. The first-order valence-corrected chi connectivity index (χ1v) is 4.47. The first-order chi connectivity index (χ1) is 4.47. The van der Waals surface area contributed by atoms with Crippen LogP contribution in [0.15, 0.2) is 0 Å². The lowest BCUT2D eigenvalue weighted by atomic mass is 9.71. The van der Waals surface area contributed by atoms with Crippen LogP contribution >= 0.6 is 0 Å². The summed E-state index contributed by atoms with van der Waals surface area (Å²) in [6.45, 7) is 0. The summed E-state index contributed by atoms with van der Waals surface area (Å²) in [6, 6.07) is 0. The van der Waals surface area contributed by atoms with Crippen LogP contribution in [0.4, 0.5) is 0 Å². The molecule has 0 aromatic rings. The van der Waals surface area contributed by atoms with E-state index in [1.807, 2.05) is 0 Å². The Labute approximate surface area is 57.6 Å². The molecule has 0 saturated heterocycles. The highest BCUT2D eigenvalue weighted by atomic mass is 14.4. The zero-order chi connectivity index (χ0) is 6.10. The largest absolute Gasteiger partial charge is 0.0533 e. The second-order valence-electron chi connectivity index (χ2n) is 3.74. The van der Waals surface area contributed by atoms with Gasteiger partial charge in [-0.05, 0) is 24.7 Å². The van der Waals surface area contributed by atoms with Crippen molar-refractivity contribution in [3.8, 4) is 0 Å². The number of fused-ring (bicyclic) bond motifs is 1. The molecule has 2 aliphatic rings. The van der Waals surface area contributed by atoms with Gasteiger partial charge < -0.3 is 0 Å². The molecule has 9 heavy (non-hydrogen) atoms. The number of rotatable bonds is 0. The van der Waals surface area contributed by atoms with Gasteiger partial charge in [0.15, 0.2) is 0 Å². The predicted octanol–water partition coefficient (Wildman–Crippen LogP) is 2.98. The molecule has 52 valence electrons. The molecule has 0 aromatic carbocycles. The molecule has 2 saturated carbocycles. The predicted molar refractivity (Wildman–Crippen MR) is 39.3 cm³/mol. The highest BCUT2D eigenvalue weighted by molar-refractivity contribution is 4.82. The Morgan fingerprint density at radius 2 is 1.11 bits per heavy atom. The van der Waals surface area contributed by atoms with E-state index < -0.39 is 0 Å². The highest BCUT2D eigenvalue weighted by Crippen LogP contribution is 2.43. The molecule has 2 fully saturated rings. The number of hydrogen-bond acceptors (Lipinski definition) is 0. The van der Waals surface area contributed by atoms with Gasteiger partial charge in [-0.2, -0.15) is 0 Å². The molecule has 0 bridgehead atoms. The quantitative estimate of drug-likeness (QED) is 0.465. The van der Waals surface area contributed by atoms with Gasteiger partial charge in [0.2, 0.25) is 0 Å². The van der Waals surface area contributed by atoms with Crippen molar-refractivity contribution in [3.05, 3.63) is 0 Å². The molecular weight excluding hydrogens is 108 g/mol.